The molecule has 0 fully saturated rings. The van der Waals surface area contributed by atoms with Crippen LogP contribution in [0, 0.1) is 0 Å². The fraction of sp³-hybridized carbons (Fsp3) is 0.143. The molecule has 0 saturated heterocycles. The summed E-state index contributed by atoms with van der Waals surface area (Å²) in [5, 5.41) is 14.8. The van der Waals surface area contributed by atoms with Gasteiger partial charge in [-0.25, -0.2) is 0 Å². The molecule has 106 valence electrons. The highest BCUT2D eigenvalue weighted by Gasteiger charge is 1.92. The van der Waals surface area contributed by atoms with Gasteiger partial charge in [0.25, 0.3) is 11.9 Å². The number of aliphatic carboxylic acids is 2. The Morgan fingerprint density at radius 1 is 0.750 bits per heavy atom. The van der Waals surface area contributed by atoms with Crippen molar-refractivity contribution in [1.82, 2.24) is 9.97 Å². The second kappa shape index (κ2) is 10.2. The lowest BCUT2D eigenvalue weighted by atomic mass is 10.1. The van der Waals surface area contributed by atoms with Crippen LogP contribution in [0.3, 0.4) is 0 Å². The lowest BCUT2D eigenvalue weighted by molar-refractivity contribution is -0.135. The molecule has 0 aromatic carbocycles. The van der Waals surface area contributed by atoms with Crippen molar-refractivity contribution in [3.05, 3.63) is 49.1 Å². The second-order valence-corrected chi connectivity index (χ2v) is 3.51. The third-order valence-electron chi connectivity index (χ3n) is 1.69. The van der Waals surface area contributed by atoms with Gasteiger partial charge in [-0.3, -0.25) is 19.6 Å². The molecule has 0 spiro atoms. The van der Waals surface area contributed by atoms with Crippen LogP contribution in [0.2, 0.25) is 0 Å². The minimum Gasteiger partial charge on any atom is -0.481 e. The first-order valence-electron chi connectivity index (χ1n) is 5.63. The molecule has 0 saturated carbocycles. The summed E-state index contributed by atoms with van der Waals surface area (Å²) in [6, 6.07) is 7.93. The summed E-state index contributed by atoms with van der Waals surface area (Å²) in [6.07, 6.45) is 7.15. The summed E-state index contributed by atoms with van der Waals surface area (Å²) in [6.45, 7) is 2.17. The minimum absolute atomic E-state index is 0.833. The summed E-state index contributed by atoms with van der Waals surface area (Å²) in [4.78, 5) is 25.9. The molecule has 6 heteroatoms. The molecular formula is C14H16N2O4. The molecule has 0 atom stereocenters. The van der Waals surface area contributed by atoms with Crippen molar-refractivity contribution in [3.63, 3.8) is 0 Å². The highest BCUT2D eigenvalue weighted by Crippen LogP contribution is 2.15. The van der Waals surface area contributed by atoms with Crippen LogP contribution in [-0.2, 0) is 9.59 Å². The molecule has 2 aromatic rings. The molecule has 0 radical (unpaired) electrons. The molecule has 0 aliphatic heterocycles. The molecule has 0 bridgehead atoms. The van der Waals surface area contributed by atoms with Crippen LogP contribution in [0.15, 0.2) is 49.1 Å². The van der Waals surface area contributed by atoms with Gasteiger partial charge in [0.15, 0.2) is 0 Å². The minimum atomic E-state index is -0.833. The van der Waals surface area contributed by atoms with E-state index in [4.69, 9.17) is 19.8 Å². The summed E-state index contributed by atoms with van der Waals surface area (Å²) in [5.41, 5.74) is 2.35. The fourth-order valence-corrected chi connectivity index (χ4v) is 1.09. The Morgan fingerprint density at radius 3 is 1.15 bits per heavy atom. The van der Waals surface area contributed by atoms with Crippen LogP contribution >= 0.6 is 0 Å². The maximum absolute atomic E-state index is 9.00. The van der Waals surface area contributed by atoms with Gasteiger partial charge in [-0.15, -0.1) is 0 Å². The Hall–Kier alpha value is -2.76. The molecule has 0 unspecified atom stereocenters. The van der Waals surface area contributed by atoms with Gasteiger partial charge in [-0.05, 0) is 35.4 Å². The number of rotatable bonds is 1. The molecule has 2 aromatic heterocycles. The Morgan fingerprint density at radius 2 is 0.950 bits per heavy atom. The number of carboxylic acid groups (broad SMARTS) is 2. The summed E-state index contributed by atoms with van der Waals surface area (Å²) < 4.78 is 0. The predicted octanol–water partition coefficient (Wildman–Crippen LogP) is 2.33. The highest BCUT2D eigenvalue weighted by atomic mass is 16.4. The Kier molecular flexibility index (Phi) is 8.78. The highest BCUT2D eigenvalue weighted by molar-refractivity contribution is 5.63. The zero-order chi connectivity index (χ0) is 15.4. The zero-order valence-corrected chi connectivity index (χ0v) is 11.2. The molecule has 0 aliphatic carbocycles. The van der Waals surface area contributed by atoms with Crippen LogP contribution in [0.5, 0.6) is 0 Å². The number of carboxylic acids is 2. The number of carbonyl (C=O) groups is 2. The topological polar surface area (TPSA) is 100 Å². The first-order valence-corrected chi connectivity index (χ1v) is 5.63. The van der Waals surface area contributed by atoms with Crippen LogP contribution < -0.4 is 0 Å². The third kappa shape index (κ3) is 10.4. The van der Waals surface area contributed by atoms with E-state index in [9.17, 15) is 0 Å². The lowest BCUT2D eigenvalue weighted by Gasteiger charge is -1.97. The van der Waals surface area contributed by atoms with E-state index in [-0.39, 0.29) is 0 Å². The maximum atomic E-state index is 9.00. The van der Waals surface area contributed by atoms with Gasteiger partial charge < -0.3 is 10.2 Å². The van der Waals surface area contributed by atoms with E-state index in [1.54, 1.807) is 24.8 Å². The van der Waals surface area contributed by atoms with E-state index < -0.39 is 11.9 Å². The number of hydrogen-bond donors (Lipinski definition) is 2. The molecule has 2 heterocycles. The zero-order valence-electron chi connectivity index (χ0n) is 11.2. The molecular weight excluding hydrogens is 260 g/mol. The normalized spacial score (nSPS) is 8.30. The van der Waals surface area contributed by atoms with E-state index in [2.05, 4.69) is 9.97 Å². The predicted molar refractivity (Wildman–Crippen MR) is 74.1 cm³/mol. The van der Waals surface area contributed by atoms with Crippen LogP contribution in [0.25, 0.3) is 11.1 Å². The van der Waals surface area contributed by atoms with Crippen molar-refractivity contribution in [3.8, 4) is 11.1 Å². The average molecular weight is 276 g/mol. The smallest absolute Gasteiger partial charge is 0.300 e. The summed E-state index contributed by atoms with van der Waals surface area (Å²) in [5.74, 6) is -1.67. The first-order chi connectivity index (χ1) is 9.43. The van der Waals surface area contributed by atoms with E-state index in [1.165, 1.54) is 11.1 Å². The Bertz CT molecular complexity index is 458. The molecule has 2 rings (SSSR count). The van der Waals surface area contributed by atoms with Crippen molar-refractivity contribution >= 4 is 11.9 Å². The third-order valence-corrected chi connectivity index (χ3v) is 1.69. The van der Waals surface area contributed by atoms with Crippen molar-refractivity contribution in [2.45, 2.75) is 13.8 Å². The average Bonchev–Trinajstić information content (AvgIpc) is 2.39. The van der Waals surface area contributed by atoms with Crippen LogP contribution in [0.1, 0.15) is 13.8 Å². The van der Waals surface area contributed by atoms with E-state index in [1.807, 2.05) is 24.3 Å². The number of pyridine rings is 2. The first kappa shape index (κ1) is 17.2. The van der Waals surface area contributed by atoms with Gasteiger partial charge in [-0.1, -0.05) is 0 Å². The van der Waals surface area contributed by atoms with Gasteiger partial charge in [0, 0.05) is 38.6 Å². The van der Waals surface area contributed by atoms with E-state index >= 15 is 0 Å². The van der Waals surface area contributed by atoms with Crippen molar-refractivity contribution in [2.75, 3.05) is 0 Å². The largest absolute Gasteiger partial charge is 0.481 e. The monoisotopic (exact) mass is 276 g/mol. The van der Waals surface area contributed by atoms with Crippen molar-refractivity contribution in [1.29, 1.82) is 0 Å². The summed E-state index contributed by atoms with van der Waals surface area (Å²) >= 11 is 0. The van der Waals surface area contributed by atoms with E-state index in [0.29, 0.717) is 0 Å². The SMILES string of the molecule is CC(=O)O.CC(=O)O.c1cc(-c2ccncc2)ccn1. The van der Waals surface area contributed by atoms with Crippen LogP contribution in [0.4, 0.5) is 0 Å². The molecule has 20 heavy (non-hydrogen) atoms. The molecule has 0 aliphatic rings. The van der Waals surface area contributed by atoms with Gasteiger partial charge in [0.05, 0.1) is 0 Å². The van der Waals surface area contributed by atoms with Crippen LogP contribution in [-0.4, -0.2) is 32.1 Å². The van der Waals surface area contributed by atoms with E-state index in [0.717, 1.165) is 13.8 Å². The van der Waals surface area contributed by atoms with Gasteiger partial charge in [0.1, 0.15) is 0 Å². The number of nitrogens with zero attached hydrogens (tertiary/aromatic N) is 2. The van der Waals surface area contributed by atoms with Gasteiger partial charge in [-0.2, -0.15) is 0 Å². The quantitative estimate of drug-likeness (QED) is 0.829. The van der Waals surface area contributed by atoms with Gasteiger partial charge >= 0.3 is 0 Å². The van der Waals surface area contributed by atoms with Crippen molar-refractivity contribution in [2.24, 2.45) is 0 Å². The Balaban J connectivity index is 0.000000380. The lowest BCUT2D eigenvalue weighted by Crippen LogP contribution is -1.78. The summed E-state index contributed by atoms with van der Waals surface area (Å²) in [7, 11) is 0. The number of aromatic nitrogens is 2. The molecule has 0 amide bonds. The maximum Gasteiger partial charge on any atom is 0.300 e. The van der Waals surface area contributed by atoms with Crippen molar-refractivity contribution < 1.29 is 19.8 Å². The van der Waals surface area contributed by atoms with Gasteiger partial charge in [0.2, 0.25) is 0 Å². The Labute approximate surface area is 116 Å². The fourth-order valence-electron chi connectivity index (χ4n) is 1.09. The standard InChI is InChI=1S/C10H8N2.2C2H4O2/c1-5-11-6-2-9(1)10-3-7-12-8-4-10;2*1-2(3)4/h1-8H;2*1H3,(H,3,4). The second-order valence-electron chi connectivity index (χ2n) is 3.51. The molecule has 6 nitrogen and oxygen atoms in total. The molecule has 2 N–H and O–H groups in total. The number of hydrogen-bond acceptors (Lipinski definition) is 4.